The van der Waals surface area contributed by atoms with Crippen molar-refractivity contribution in [3.8, 4) is 5.88 Å². The molecule has 0 aliphatic carbocycles. The Hall–Kier alpha value is -0.690. The summed E-state index contributed by atoms with van der Waals surface area (Å²) in [6, 6.07) is 1.08. The van der Waals surface area contributed by atoms with Crippen molar-refractivity contribution in [3.63, 3.8) is 0 Å². The molecule has 1 heterocycles. The zero-order valence-corrected chi connectivity index (χ0v) is 8.89. The molecule has 0 saturated heterocycles. The third kappa shape index (κ3) is 2.38. The smallest absolute Gasteiger partial charge is 0.337 e. The lowest BCUT2D eigenvalue weighted by Gasteiger charge is -2.02. The van der Waals surface area contributed by atoms with Gasteiger partial charge in [-0.15, -0.1) is 3.89 Å². The Labute approximate surface area is 83.1 Å². The lowest BCUT2D eigenvalue weighted by molar-refractivity contribution is 0.383. The summed E-state index contributed by atoms with van der Waals surface area (Å²) in [5.74, 6) is -0.259. The molecule has 7 heteroatoms. The summed E-state index contributed by atoms with van der Waals surface area (Å²) in [6.07, 6.45) is 1.31. The molecule has 0 radical (unpaired) electrons. The largest absolute Gasteiger partial charge is 0.480 e. The Morgan fingerprint density at radius 3 is 2.69 bits per heavy atom. The van der Waals surface area contributed by atoms with Crippen LogP contribution in [-0.2, 0) is 10.2 Å². The SMILES string of the molecule is COc1ncc(Br)cc1S(=O)(=O)F. The molecule has 13 heavy (non-hydrogen) atoms. The van der Waals surface area contributed by atoms with Gasteiger partial charge < -0.3 is 4.74 Å². The van der Waals surface area contributed by atoms with Gasteiger partial charge in [-0.2, -0.15) is 8.42 Å². The van der Waals surface area contributed by atoms with E-state index in [2.05, 4.69) is 25.7 Å². The predicted octanol–water partition coefficient (Wildman–Crippen LogP) is 1.51. The second-order valence-corrected chi connectivity index (χ2v) is 4.33. The molecule has 0 fully saturated rings. The van der Waals surface area contributed by atoms with Crippen LogP contribution in [0, 0.1) is 0 Å². The lowest BCUT2D eigenvalue weighted by atomic mass is 10.5. The van der Waals surface area contributed by atoms with Gasteiger partial charge in [-0.05, 0) is 22.0 Å². The van der Waals surface area contributed by atoms with E-state index < -0.39 is 15.1 Å². The molecule has 1 aromatic heterocycles. The van der Waals surface area contributed by atoms with Gasteiger partial charge in [-0.25, -0.2) is 4.98 Å². The van der Waals surface area contributed by atoms with Crippen molar-refractivity contribution in [2.75, 3.05) is 7.11 Å². The van der Waals surface area contributed by atoms with Crippen LogP contribution < -0.4 is 4.74 Å². The van der Waals surface area contributed by atoms with Crippen LogP contribution in [0.2, 0.25) is 0 Å². The van der Waals surface area contributed by atoms with Gasteiger partial charge in [-0.1, -0.05) is 0 Å². The Kier molecular flexibility index (Phi) is 2.87. The molecule has 0 unspecified atom stereocenters. The minimum Gasteiger partial charge on any atom is -0.480 e. The average Bonchev–Trinajstić information content (AvgIpc) is 2.03. The first-order chi connectivity index (χ1) is 5.95. The highest BCUT2D eigenvalue weighted by atomic mass is 79.9. The van der Waals surface area contributed by atoms with Crippen molar-refractivity contribution in [1.82, 2.24) is 4.98 Å². The van der Waals surface area contributed by atoms with Crippen LogP contribution in [0.5, 0.6) is 5.88 Å². The normalized spacial score (nSPS) is 11.3. The van der Waals surface area contributed by atoms with Crippen LogP contribution >= 0.6 is 15.9 Å². The number of aromatic nitrogens is 1. The number of ether oxygens (including phenoxy) is 1. The molecule has 0 spiro atoms. The van der Waals surface area contributed by atoms with E-state index in [1.165, 1.54) is 13.3 Å². The first-order valence-corrected chi connectivity index (χ1v) is 5.27. The maximum Gasteiger partial charge on any atom is 0.337 e. The van der Waals surface area contributed by atoms with Crippen molar-refractivity contribution in [2.24, 2.45) is 0 Å². The maximum atomic E-state index is 12.6. The van der Waals surface area contributed by atoms with Gasteiger partial charge in [0.1, 0.15) is 0 Å². The van der Waals surface area contributed by atoms with E-state index in [4.69, 9.17) is 0 Å². The molecule has 72 valence electrons. The lowest BCUT2D eigenvalue weighted by Crippen LogP contribution is -1.99. The number of hydrogen-bond acceptors (Lipinski definition) is 4. The second-order valence-electron chi connectivity index (χ2n) is 2.10. The minimum atomic E-state index is -4.79. The van der Waals surface area contributed by atoms with Gasteiger partial charge in [0, 0.05) is 10.7 Å². The second kappa shape index (κ2) is 3.59. The van der Waals surface area contributed by atoms with Crippen LogP contribution in [-0.4, -0.2) is 20.5 Å². The van der Waals surface area contributed by atoms with E-state index in [0.717, 1.165) is 6.07 Å². The van der Waals surface area contributed by atoms with Crippen molar-refractivity contribution in [2.45, 2.75) is 4.90 Å². The van der Waals surface area contributed by atoms with Crippen LogP contribution in [0.15, 0.2) is 21.6 Å². The van der Waals surface area contributed by atoms with Crippen molar-refractivity contribution >= 4 is 26.2 Å². The van der Waals surface area contributed by atoms with Crippen molar-refractivity contribution < 1.29 is 17.0 Å². The molecule has 0 saturated carbocycles. The summed E-state index contributed by atoms with van der Waals surface area (Å²) in [5.41, 5.74) is 0. The molecule has 0 amide bonds. The predicted molar refractivity (Wildman–Crippen MR) is 46.8 cm³/mol. The standard InChI is InChI=1S/C6H5BrFNO3S/c1-12-6-5(13(8,10)11)2-4(7)3-9-6/h2-3H,1H3. The van der Waals surface area contributed by atoms with E-state index in [1.807, 2.05) is 0 Å². The summed E-state index contributed by atoms with van der Waals surface area (Å²) in [4.78, 5) is 3.00. The van der Waals surface area contributed by atoms with Crippen LogP contribution in [0.3, 0.4) is 0 Å². The fourth-order valence-corrected chi connectivity index (χ4v) is 1.83. The molecule has 0 N–H and O–H groups in total. The first kappa shape index (κ1) is 10.4. The molecular weight excluding hydrogens is 265 g/mol. The number of methoxy groups -OCH3 is 1. The van der Waals surface area contributed by atoms with Crippen LogP contribution in [0.25, 0.3) is 0 Å². The summed E-state index contributed by atoms with van der Waals surface area (Å²) in [5, 5.41) is 0. The van der Waals surface area contributed by atoms with Gasteiger partial charge >= 0.3 is 10.2 Å². The molecule has 4 nitrogen and oxygen atoms in total. The van der Waals surface area contributed by atoms with E-state index in [-0.39, 0.29) is 5.88 Å². The Balaban J connectivity index is 3.41. The first-order valence-electron chi connectivity index (χ1n) is 3.09. The number of halogens is 2. The number of hydrogen-bond donors (Lipinski definition) is 0. The van der Waals surface area contributed by atoms with Gasteiger partial charge in [0.25, 0.3) is 0 Å². The Morgan fingerprint density at radius 1 is 1.62 bits per heavy atom. The third-order valence-corrected chi connectivity index (χ3v) is 2.49. The highest BCUT2D eigenvalue weighted by Crippen LogP contribution is 2.25. The monoisotopic (exact) mass is 269 g/mol. The highest BCUT2D eigenvalue weighted by Gasteiger charge is 2.19. The Bertz CT molecular complexity index is 420. The quantitative estimate of drug-likeness (QED) is 0.764. The number of pyridine rings is 1. The summed E-state index contributed by atoms with van der Waals surface area (Å²) >= 11 is 2.97. The molecule has 1 aromatic rings. The fraction of sp³-hybridized carbons (Fsp3) is 0.167. The molecular formula is C6H5BrFNO3S. The molecule has 0 bridgehead atoms. The number of nitrogens with zero attached hydrogens (tertiary/aromatic N) is 1. The Morgan fingerprint density at radius 2 is 2.23 bits per heavy atom. The van der Waals surface area contributed by atoms with Crippen LogP contribution in [0.1, 0.15) is 0 Å². The summed E-state index contributed by atoms with van der Waals surface area (Å²) < 4.78 is 38.6. The topological polar surface area (TPSA) is 56.3 Å². The molecule has 0 aromatic carbocycles. The van der Waals surface area contributed by atoms with E-state index in [1.54, 1.807) is 0 Å². The fourth-order valence-electron chi connectivity index (χ4n) is 0.736. The third-order valence-electron chi connectivity index (χ3n) is 1.24. The van der Waals surface area contributed by atoms with Gasteiger partial charge in [0.05, 0.1) is 7.11 Å². The minimum absolute atomic E-state index is 0.259. The molecule has 0 aliphatic rings. The van der Waals surface area contributed by atoms with Crippen molar-refractivity contribution in [3.05, 3.63) is 16.7 Å². The number of rotatable bonds is 2. The van der Waals surface area contributed by atoms with Gasteiger partial charge in [-0.3, -0.25) is 0 Å². The average molecular weight is 270 g/mol. The molecule has 1 rings (SSSR count). The zero-order chi connectivity index (χ0) is 10.1. The maximum absolute atomic E-state index is 12.6. The van der Waals surface area contributed by atoms with Crippen LogP contribution in [0.4, 0.5) is 3.89 Å². The van der Waals surface area contributed by atoms with Crippen molar-refractivity contribution in [1.29, 1.82) is 0 Å². The zero-order valence-electron chi connectivity index (χ0n) is 6.49. The van der Waals surface area contributed by atoms with Gasteiger partial charge in [0.2, 0.25) is 5.88 Å². The molecule has 0 atom stereocenters. The molecule has 0 aliphatic heterocycles. The summed E-state index contributed by atoms with van der Waals surface area (Å²) in [6.45, 7) is 0. The summed E-state index contributed by atoms with van der Waals surface area (Å²) in [7, 11) is -3.57. The van der Waals surface area contributed by atoms with E-state index >= 15 is 0 Å². The van der Waals surface area contributed by atoms with Gasteiger partial charge in [0.15, 0.2) is 4.90 Å². The van der Waals surface area contributed by atoms with E-state index in [9.17, 15) is 12.3 Å². The van der Waals surface area contributed by atoms with E-state index in [0.29, 0.717) is 4.47 Å². The highest BCUT2D eigenvalue weighted by molar-refractivity contribution is 9.10.